The number of unbranched alkanes of at least 4 members (excludes halogenated alkanes) is 1. The molecule has 1 unspecified atom stereocenters. The van der Waals surface area contributed by atoms with E-state index in [2.05, 4.69) is 0 Å². The number of carbonyl (C=O) groups is 2. The number of ether oxygens (including phenoxy) is 1. The quantitative estimate of drug-likeness (QED) is 0.176. The van der Waals surface area contributed by atoms with Crippen molar-refractivity contribution < 1.29 is 24.5 Å². The van der Waals surface area contributed by atoms with E-state index in [1.165, 1.54) is 0 Å². The predicted molar refractivity (Wildman–Crippen MR) is 151 cm³/mol. The maximum absolute atomic E-state index is 13.1. The topological polar surface area (TPSA) is 83.8 Å². The number of carbonyl (C=O) groups excluding carboxylic acids is 2. The molecule has 1 fully saturated rings. The second-order valence-electron chi connectivity index (χ2n) is 10.7. The van der Waals surface area contributed by atoms with Crippen LogP contribution in [0.2, 0.25) is 5.02 Å². The zero-order valence-corrected chi connectivity index (χ0v) is 23.7. The summed E-state index contributed by atoms with van der Waals surface area (Å²) in [5.74, 6) is -0.882. The van der Waals surface area contributed by atoms with Crippen molar-refractivity contribution >= 4 is 44.8 Å². The zero-order valence-electron chi connectivity index (χ0n) is 22.2. The van der Waals surface area contributed by atoms with Crippen LogP contribution in [0.3, 0.4) is 0 Å². The zero-order chi connectivity index (χ0) is 27.2. The number of thiophene rings is 1. The molecule has 1 saturated carbocycles. The van der Waals surface area contributed by atoms with Crippen molar-refractivity contribution in [3.8, 4) is 0 Å². The normalized spacial score (nSPS) is 22.6. The van der Waals surface area contributed by atoms with Crippen LogP contribution in [-0.2, 0) is 20.7 Å². The number of aryl methyl sites for hydroxylation is 1. The number of aliphatic hydroxyl groups is 2. The molecule has 1 aromatic carbocycles. The van der Waals surface area contributed by atoms with Gasteiger partial charge in [0.2, 0.25) is 0 Å². The Kier molecular flexibility index (Phi) is 10.5. The third kappa shape index (κ3) is 7.53. The number of esters is 1. The van der Waals surface area contributed by atoms with Crippen LogP contribution in [0, 0.1) is 17.3 Å². The van der Waals surface area contributed by atoms with Gasteiger partial charge in [0.05, 0.1) is 28.7 Å². The first-order chi connectivity index (χ1) is 17.5. The monoisotopic (exact) mass is 546 g/mol. The lowest BCUT2D eigenvalue weighted by Gasteiger charge is -2.22. The van der Waals surface area contributed by atoms with Gasteiger partial charge in [0.25, 0.3) is 0 Å². The second-order valence-corrected chi connectivity index (χ2v) is 12.2. The molecule has 2 aromatic rings. The van der Waals surface area contributed by atoms with Crippen LogP contribution in [0.1, 0.15) is 64.7 Å². The molecule has 1 aliphatic carbocycles. The number of ketones is 1. The number of hydrogen-bond donors (Lipinski definition) is 2. The molecular formula is C30H39ClO5S. The highest BCUT2D eigenvalue weighted by molar-refractivity contribution is 7.19. The Morgan fingerprint density at radius 1 is 1.24 bits per heavy atom. The van der Waals surface area contributed by atoms with Gasteiger partial charge in [0.1, 0.15) is 5.78 Å². The van der Waals surface area contributed by atoms with Gasteiger partial charge in [0.15, 0.2) is 0 Å². The van der Waals surface area contributed by atoms with Gasteiger partial charge < -0.3 is 14.9 Å². The van der Waals surface area contributed by atoms with E-state index in [1.807, 2.05) is 56.3 Å². The smallest absolute Gasteiger partial charge is 0.306 e. The molecule has 0 amide bonds. The van der Waals surface area contributed by atoms with Gasteiger partial charge in [-0.15, -0.1) is 11.3 Å². The van der Waals surface area contributed by atoms with Crippen LogP contribution in [0.5, 0.6) is 0 Å². The number of benzene rings is 1. The van der Waals surface area contributed by atoms with Crippen molar-refractivity contribution in [1.82, 2.24) is 0 Å². The van der Waals surface area contributed by atoms with Gasteiger partial charge in [-0.25, -0.2) is 0 Å². The van der Waals surface area contributed by atoms with Gasteiger partial charge in [0, 0.05) is 33.2 Å². The Balaban J connectivity index is 1.55. The lowest BCUT2D eigenvalue weighted by atomic mass is 9.86. The highest BCUT2D eigenvalue weighted by Crippen LogP contribution is 2.45. The summed E-state index contributed by atoms with van der Waals surface area (Å²) in [6.07, 6.45) is 9.30. The Morgan fingerprint density at radius 3 is 2.68 bits per heavy atom. The lowest BCUT2D eigenvalue weighted by molar-refractivity contribution is -0.147. The highest BCUT2D eigenvalue weighted by Gasteiger charge is 2.52. The van der Waals surface area contributed by atoms with E-state index in [0.29, 0.717) is 32.1 Å². The van der Waals surface area contributed by atoms with E-state index in [0.717, 1.165) is 26.4 Å². The Hall–Kier alpha value is -1.99. The molecule has 7 heteroatoms. The average Bonchev–Trinajstić information content (AvgIpc) is 3.25. The summed E-state index contributed by atoms with van der Waals surface area (Å²) in [6, 6.07) is 8.00. The lowest BCUT2D eigenvalue weighted by Crippen LogP contribution is -2.31. The highest BCUT2D eigenvalue weighted by atomic mass is 35.5. The summed E-state index contributed by atoms with van der Waals surface area (Å²) in [5, 5.41) is 23.3. The summed E-state index contributed by atoms with van der Waals surface area (Å²) in [7, 11) is 0. The van der Waals surface area contributed by atoms with Crippen LogP contribution in [0.15, 0.2) is 48.6 Å². The Labute approximate surface area is 229 Å². The van der Waals surface area contributed by atoms with Crippen molar-refractivity contribution in [3.63, 3.8) is 0 Å². The number of Topliss-reactive ketones (excluding diaryl/α,β-unsaturated/α-hetero) is 1. The Morgan fingerprint density at radius 2 is 1.97 bits per heavy atom. The van der Waals surface area contributed by atoms with Gasteiger partial charge in [-0.3, -0.25) is 9.59 Å². The molecule has 37 heavy (non-hydrogen) atoms. The third-order valence-electron chi connectivity index (χ3n) is 7.04. The van der Waals surface area contributed by atoms with Crippen molar-refractivity contribution in [3.05, 3.63) is 58.5 Å². The van der Waals surface area contributed by atoms with Gasteiger partial charge in [-0.05, 0) is 52.0 Å². The molecule has 1 aliphatic rings. The predicted octanol–water partition coefficient (Wildman–Crippen LogP) is 6.67. The molecule has 3 rings (SSSR count). The molecule has 202 valence electrons. The summed E-state index contributed by atoms with van der Waals surface area (Å²) in [6.45, 7) is 7.23. The average molecular weight is 547 g/mol. The number of allylic oxidation sites excluding steroid dienone is 2. The fraction of sp³-hybridized carbons (Fsp3) is 0.533. The largest absolute Gasteiger partial charge is 0.463 e. The van der Waals surface area contributed by atoms with Crippen molar-refractivity contribution in [2.24, 2.45) is 17.3 Å². The fourth-order valence-corrected chi connectivity index (χ4v) is 6.45. The summed E-state index contributed by atoms with van der Waals surface area (Å²) >= 11 is 8.18. The molecule has 0 radical (unpaired) electrons. The van der Waals surface area contributed by atoms with Crippen LogP contribution in [0.4, 0.5) is 0 Å². The van der Waals surface area contributed by atoms with Gasteiger partial charge >= 0.3 is 5.97 Å². The number of aliphatic hydroxyl groups excluding tert-OH is 2. The minimum atomic E-state index is -0.844. The molecular weight excluding hydrogens is 508 g/mol. The molecule has 4 atom stereocenters. The van der Waals surface area contributed by atoms with Crippen molar-refractivity contribution in [1.29, 1.82) is 0 Å². The maximum Gasteiger partial charge on any atom is 0.306 e. The molecule has 1 heterocycles. The van der Waals surface area contributed by atoms with Gasteiger partial charge in [-0.2, -0.15) is 0 Å². The SMILES string of the molecule is CC(C)OC(=O)CCC/C=C\C[C@H]1C(=O)C(C)(C)[C@@H](O)[C@@H]1/C=C/C(O)CCc1sc2ccccc2c1Cl. The minimum absolute atomic E-state index is 0.0337. The number of hydrogen-bond acceptors (Lipinski definition) is 6. The summed E-state index contributed by atoms with van der Waals surface area (Å²) < 4.78 is 6.27. The molecule has 0 saturated heterocycles. The first-order valence-electron chi connectivity index (χ1n) is 13.1. The molecule has 0 bridgehead atoms. The van der Waals surface area contributed by atoms with E-state index in [1.54, 1.807) is 31.3 Å². The summed E-state index contributed by atoms with van der Waals surface area (Å²) in [5.41, 5.74) is -0.844. The Bertz CT molecular complexity index is 1130. The van der Waals surface area contributed by atoms with Crippen LogP contribution in [0.25, 0.3) is 10.1 Å². The van der Waals surface area contributed by atoms with Crippen molar-refractivity contribution in [2.45, 2.75) is 84.5 Å². The van der Waals surface area contributed by atoms with Gasteiger partial charge in [-0.1, -0.05) is 68.0 Å². The van der Waals surface area contributed by atoms with Crippen LogP contribution in [-0.4, -0.2) is 40.3 Å². The standard InChI is InChI=1S/C30H39ClO5S/c1-19(2)36-26(33)14-8-6-5-7-11-21-22(29(35)30(3,4)28(21)34)17-15-20(32)16-18-25-27(31)23-12-9-10-13-24(23)37-25/h5,7,9-10,12-13,15,17,19-22,29,32,35H,6,8,11,14,16,18H2,1-4H3/b7-5-,17-15+/t20?,21-,22-,29+/m1/s1. The number of halogens is 1. The van der Waals surface area contributed by atoms with E-state index in [4.69, 9.17) is 16.3 Å². The number of fused-ring (bicyclic) bond motifs is 1. The minimum Gasteiger partial charge on any atom is -0.463 e. The van der Waals surface area contributed by atoms with E-state index < -0.39 is 17.6 Å². The fourth-order valence-electron chi connectivity index (χ4n) is 4.91. The molecule has 0 spiro atoms. The maximum atomic E-state index is 13.1. The summed E-state index contributed by atoms with van der Waals surface area (Å²) in [4.78, 5) is 25.8. The third-order valence-corrected chi connectivity index (χ3v) is 8.81. The molecule has 2 N–H and O–H groups in total. The second kappa shape index (κ2) is 13.2. The first-order valence-corrected chi connectivity index (χ1v) is 14.3. The van der Waals surface area contributed by atoms with Crippen LogP contribution >= 0.6 is 22.9 Å². The first kappa shape index (κ1) is 29.6. The molecule has 0 aliphatic heterocycles. The molecule has 1 aromatic heterocycles. The number of rotatable bonds is 12. The van der Waals surface area contributed by atoms with E-state index in [9.17, 15) is 19.8 Å². The molecule has 5 nitrogen and oxygen atoms in total. The van der Waals surface area contributed by atoms with E-state index >= 15 is 0 Å². The van der Waals surface area contributed by atoms with E-state index in [-0.39, 0.29) is 29.7 Å². The van der Waals surface area contributed by atoms with Crippen molar-refractivity contribution in [2.75, 3.05) is 0 Å². The van der Waals surface area contributed by atoms with Crippen LogP contribution < -0.4 is 0 Å².